The van der Waals surface area contributed by atoms with Gasteiger partial charge >= 0.3 is 0 Å². The summed E-state index contributed by atoms with van der Waals surface area (Å²) in [6.07, 6.45) is 0. The molecule has 5 heteroatoms. The first-order valence-corrected chi connectivity index (χ1v) is 7.63. The summed E-state index contributed by atoms with van der Waals surface area (Å²) in [5, 5.41) is 9.04. The third-order valence-electron chi connectivity index (χ3n) is 4.17. The Kier molecular flexibility index (Phi) is 5.99. The summed E-state index contributed by atoms with van der Waals surface area (Å²) in [4.78, 5) is 4.72. The lowest BCUT2D eigenvalue weighted by atomic mass is 9.97. The predicted octanol–water partition coefficient (Wildman–Crippen LogP) is 0.693. The Morgan fingerprint density at radius 3 is 2.48 bits per heavy atom. The molecule has 0 amide bonds. The van der Waals surface area contributed by atoms with Crippen LogP contribution in [0.25, 0.3) is 0 Å². The van der Waals surface area contributed by atoms with Crippen LogP contribution in [-0.4, -0.2) is 67.4 Å². The van der Waals surface area contributed by atoms with Crippen molar-refractivity contribution in [2.75, 3.05) is 46.4 Å². The van der Waals surface area contributed by atoms with Gasteiger partial charge in [-0.05, 0) is 13.0 Å². The maximum atomic E-state index is 9.04. The highest BCUT2D eigenvalue weighted by molar-refractivity contribution is 5.36. The molecule has 0 aromatic heterocycles. The van der Waals surface area contributed by atoms with Crippen LogP contribution >= 0.6 is 0 Å². The highest BCUT2D eigenvalue weighted by atomic mass is 16.5. The van der Waals surface area contributed by atoms with E-state index >= 15 is 0 Å². The number of β-amino-alcohol motifs (C(OH)–C–C–N with tert-alkyl or cyclic N) is 1. The summed E-state index contributed by atoms with van der Waals surface area (Å²) in [6.45, 7) is 6.90. The second-order valence-electron chi connectivity index (χ2n) is 5.65. The van der Waals surface area contributed by atoms with Gasteiger partial charge in [0.25, 0.3) is 0 Å². The van der Waals surface area contributed by atoms with Crippen LogP contribution in [-0.2, 0) is 0 Å². The Labute approximate surface area is 127 Å². The summed E-state index contributed by atoms with van der Waals surface area (Å²) in [6, 6.07) is 8.32. The zero-order chi connectivity index (χ0) is 15.2. The topological polar surface area (TPSA) is 62.0 Å². The standard InChI is InChI=1S/C16H27N3O2/c1-13(17)16(14-5-3-4-6-15(14)21-2)19-9-7-18(8-10-19)11-12-20/h3-6,13,16,20H,7-12,17H2,1-2H3. The number of nitrogens with zero attached hydrogens (tertiary/aromatic N) is 2. The van der Waals surface area contributed by atoms with Crippen LogP contribution < -0.4 is 10.5 Å². The predicted molar refractivity (Wildman–Crippen MR) is 84.5 cm³/mol. The molecule has 3 N–H and O–H groups in total. The van der Waals surface area contributed by atoms with E-state index in [0.717, 1.165) is 44.0 Å². The molecule has 21 heavy (non-hydrogen) atoms. The number of aliphatic hydroxyl groups is 1. The molecule has 1 aromatic rings. The van der Waals surface area contributed by atoms with Crippen LogP contribution in [0.4, 0.5) is 0 Å². The lowest BCUT2D eigenvalue weighted by molar-refractivity contribution is 0.0751. The van der Waals surface area contributed by atoms with E-state index in [1.54, 1.807) is 7.11 Å². The molecule has 1 fully saturated rings. The van der Waals surface area contributed by atoms with Crippen molar-refractivity contribution in [3.8, 4) is 5.75 Å². The average Bonchev–Trinajstić information content (AvgIpc) is 2.50. The van der Waals surface area contributed by atoms with Crippen LogP contribution in [0.1, 0.15) is 18.5 Å². The molecule has 5 nitrogen and oxygen atoms in total. The van der Waals surface area contributed by atoms with E-state index in [1.807, 2.05) is 18.2 Å². The number of piperazine rings is 1. The molecule has 2 atom stereocenters. The minimum atomic E-state index is 0.0330. The number of ether oxygens (including phenoxy) is 1. The number of benzene rings is 1. The van der Waals surface area contributed by atoms with Crippen LogP contribution in [0.5, 0.6) is 5.75 Å². The van der Waals surface area contributed by atoms with Gasteiger partial charge in [0.2, 0.25) is 0 Å². The number of nitrogens with two attached hydrogens (primary N) is 1. The number of hydrogen-bond acceptors (Lipinski definition) is 5. The fraction of sp³-hybridized carbons (Fsp3) is 0.625. The molecule has 0 saturated carbocycles. The number of para-hydroxylation sites is 1. The Hall–Kier alpha value is -1.14. The molecule has 0 spiro atoms. The van der Waals surface area contributed by atoms with E-state index in [0.29, 0.717) is 0 Å². The zero-order valence-corrected chi connectivity index (χ0v) is 13.0. The van der Waals surface area contributed by atoms with Crippen LogP contribution in [0.3, 0.4) is 0 Å². The molecule has 0 radical (unpaired) electrons. The van der Waals surface area contributed by atoms with Gasteiger partial charge in [-0.2, -0.15) is 0 Å². The van der Waals surface area contributed by atoms with Crippen molar-refractivity contribution in [2.45, 2.75) is 19.0 Å². The van der Waals surface area contributed by atoms with Crippen LogP contribution in [0.15, 0.2) is 24.3 Å². The second kappa shape index (κ2) is 7.75. The quantitative estimate of drug-likeness (QED) is 0.808. The molecule has 2 unspecified atom stereocenters. The normalized spacial score (nSPS) is 20.2. The van der Waals surface area contributed by atoms with Crippen molar-refractivity contribution in [3.05, 3.63) is 29.8 Å². The molecule has 118 valence electrons. The summed E-state index contributed by atoms with van der Waals surface area (Å²) >= 11 is 0. The summed E-state index contributed by atoms with van der Waals surface area (Å²) < 4.78 is 5.50. The maximum Gasteiger partial charge on any atom is 0.123 e. The van der Waals surface area contributed by atoms with E-state index < -0.39 is 0 Å². The number of hydrogen-bond donors (Lipinski definition) is 2. The van der Waals surface area contributed by atoms with Gasteiger partial charge in [0.05, 0.1) is 19.8 Å². The van der Waals surface area contributed by atoms with Crippen molar-refractivity contribution in [2.24, 2.45) is 5.73 Å². The third kappa shape index (κ3) is 3.95. The van der Waals surface area contributed by atoms with Gasteiger partial charge in [-0.25, -0.2) is 0 Å². The molecule has 0 aliphatic carbocycles. The van der Waals surface area contributed by atoms with Crippen LogP contribution in [0.2, 0.25) is 0 Å². The largest absolute Gasteiger partial charge is 0.496 e. The van der Waals surface area contributed by atoms with Crippen LogP contribution in [0, 0.1) is 0 Å². The Morgan fingerprint density at radius 1 is 1.24 bits per heavy atom. The third-order valence-corrected chi connectivity index (χ3v) is 4.17. The van der Waals surface area contributed by atoms with Crippen molar-refractivity contribution < 1.29 is 9.84 Å². The second-order valence-corrected chi connectivity index (χ2v) is 5.65. The molecular formula is C16H27N3O2. The summed E-state index contributed by atoms with van der Waals surface area (Å²) in [7, 11) is 1.70. The van der Waals surface area contributed by atoms with Gasteiger partial charge in [0, 0.05) is 44.3 Å². The van der Waals surface area contributed by atoms with Crippen molar-refractivity contribution >= 4 is 0 Å². The van der Waals surface area contributed by atoms with E-state index in [-0.39, 0.29) is 18.7 Å². The van der Waals surface area contributed by atoms with Gasteiger partial charge in [0.15, 0.2) is 0 Å². The SMILES string of the molecule is COc1ccccc1C(C(C)N)N1CCN(CCO)CC1. The van der Waals surface area contributed by atoms with Gasteiger partial charge in [-0.1, -0.05) is 18.2 Å². The number of rotatable bonds is 6. The van der Waals surface area contributed by atoms with Gasteiger partial charge < -0.3 is 15.6 Å². The molecule has 1 aromatic carbocycles. The Morgan fingerprint density at radius 2 is 1.90 bits per heavy atom. The number of methoxy groups -OCH3 is 1. The lowest BCUT2D eigenvalue weighted by Crippen LogP contribution is -2.51. The van der Waals surface area contributed by atoms with Crippen molar-refractivity contribution in [1.82, 2.24) is 9.80 Å². The smallest absolute Gasteiger partial charge is 0.123 e. The minimum absolute atomic E-state index is 0.0330. The maximum absolute atomic E-state index is 9.04. The molecular weight excluding hydrogens is 266 g/mol. The van der Waals surface area contributed by atoms with Gasteiger partial charge in [0.1, 0.15) is 5.75 Å². The molecule has 1 saturated heterocycles. The fourth-order valence-corrected chi connectivity index (χ4v) is 3.13. The molecule has 1 aliphatic heterocycles. The molecule has 2 rings (SSSR count). The van der Waals surface area contributed by atoms with Gasteiger partial charge in [-0.3, -0.25) is 9.80 Å². The van der Waals surface area contributed by atoms with Gasteiger partial charge in [-0.15, -0.1) is 0 Å². The average molecular weight is 293 g/mol. The van der Waals surface area contributed by atoms with E-state index in [2.05, 4.69) is 22.8 Å². The lowest BCUT2D eigenvalue weighted by Gasteiger charge is -2.41. The monoisotopic (exact) mass is 293 g/mol. The first kappa shape index (κ1) is 16.2. The first-order chi connectivity index (χ1) is 10.2. The highest BCUT2D eigenvalue weighted by Crippen LogP contribution is 2.31. The van der Waals surface area contributed by atoms with Crippen molar-refractivity contribution in [3.63, 3.8) is 0 Å². The Balaban J connectivity index is 2.13. The highest BCUT2D eigenvalue weighted by Gasteiger charge is 2.29. The van der Waals surface area contributed by atoms with E-state index in [4.69, 9.17) is 15.6 Å². The first-order valence-electron chi connectivity index (χ1n) is 7.63. The minimum Gasteiger partial charge on any atom is -0.496 e. The fourth-order valence-electron chi connectivity index (χ4n) is 3.13. The zero-order valence-electron chi connectivity index (χ0n) is 13.0. The van der Waals surface area contributed by atoms with Crippen molar-refractivity contribution in [1.29, 1.82) is 0 Å². The summed E-state index contributed by atoms with van der Waals surface area (Å²) in [5.41, 5.74) is 7.42. The van der Waals surface area contributed by atoms with E-state index in [9.17, 15) is 0 Å². The summed E-state index contributed by atoms with van der Waals surface area (Å²) in [5.74, 6) is 0.901. The molecule has 0 bridgehead atoms. The number of aliphatic hydroxyl groups excluding tert-OH is 1. The molecule has 1 aliphatic rings. The Bertz CT molecular complexity index is 431. The van der Waals surface area contributed by atoms with E-state index in [1.165, 1.54) is 0 Å². The molecule has 1 heterocycles.